The van der Waals surface area contributed by atoms with E-state index in [-0.39, 0.29) is 22.9 Å². The van der Waals surface area contributed by atoms with Crippen LogP contribution in [0.3, 0.4) is 0 Å². The number of carbonyl (C=O) groups excluding carboxylic acids is 3. The number of halogens is 1. The van der Waals surface area contributed by atoms with Gasteiger partial charge in [-0.2, -0.15) is 0 Å². The Balaban J connectivity index is 1.58. The Morgan fingerprint density at radius 2 is 1.48 bits per heavy atom. The molecular weight excluding hydrogens is 533 g/mol. The molecule has 0 saturated carbocycles. The highest BCUT2D eigenvalue weighted by atomic mass is 19.1. The summed E-state index contributed by atoms with van der Waals surface area (Å²) < 4.78 is 25.4. The number of hydrogen-bond acceptors (Lipinski definition) is 6. The number of benzene rings is 4. The smallest absolute Gasteiger partial charge is 0.185 e. The summed E-state index contributed by atoms with van der Waals surface area (Å²) in [6.45, 7) is 0. The number of anilines is 1. The van der Waals surface area contributed by atoms with Gasteiger partial charge in [-0.1, -0.05) is 66.7 Å². The zero-order chi connectivity index (χ0) is 29.2. The Morgan fingerprint density at radius 1 is 0.810 bits per heavy atom. The van der Waals surface area contributed by atoms with Crippen LogP contribution in [0.2, 0.25) is 0 Å². The Bertz CT molecular complexity index is 1780. The molecule has 1 spiro atoms. The third kappa shape index (κ3) is 3.33. The number of ether oxygens (including phenoxy) is 2. The molecule has 3 atom stereocenters. The lowest BCUT2D eigenvalue weighted by molar-refractivity contribution is 0.0664. The maximum Gasteiger partial charge on any atom is 0.185 e. The van der Waals surface area contributed by atoms with E-state index in [2.05, 4.69) is 0 Å². The third-order valence-corrected chi connectivity index (χ3v) is 8.88. The fourth-order valence-corrected chi connectivity index (χ4v) is 7.20. The van der Waals surface area contributed by atoms with Gasteiger partial charge in [0.25, 0.3) is 0 Å². The molecule has 0 radical (unpaired) electrons. The van der Waals surface area contributed by atoms with E-state index in [1.807, 2.05) is 41.3 Å². The molecule has 4 aromatic rings. The van der Waals surface area contributed by atoms with Gasteiger partial charge in [0.05, 0.1) is 20.3 Å². The first kappa shape index (κ1) is 25.9. The van der Waals surface area contributed by atoms with Crippen molar-refractivity contribution in [3.63, 3.8) is 0 Å². The number of nitrogens with zero attached hydrogens (tertiary/aromatic N) is 1. The van der Waals surface area contributed by atoms with E-state index >= 15 is 0 Å². The molecule has 7 heteroatoms. The van der Waals surface area contributed by atoms with Crippen molar-refractivity contribution >= 4 is 29.1 Å². The second kappa shape index (κ2) is 9.52. The van der Waals surface area contributed by atoms with E-state index in [0.717, 1.165) is 11.3 Å². The minimum Gasteiger partial charge on any atom is -0.493 e. The molecule has 1 fully saturated rings. The fourth-order valence-electron chi connectivity index (χ4n) is 7.20. The molecular formula is C35H26FNO5. The highest BCUT2D eigenvalue weighted by Gasteiger charge is 2.72. The van der Waals surface area contributed by atoms with Crippen LogP contribution in [0.25, 0.3) is 6.08 Å². The number of carbonyl (C=O) groups is 3. The van der Waals surface area contributed by atoms with Crippen molar-refractivity contribution in [2.24, 2.45) is 5.41 Å². The number of para-hydroxylation sites is 2. The van der Waals surface area contributed by atoms with Gasteiger partial charge < -0.3 is 14.4 Å². The van der Waals surface area contributed by atoms with Gasteiger partial charge in [0.2, 0.25) is 0 Å². The van der Waals surface area contributed by atoms with E-state index in [9.17, 15) is 18.8 Å². The molecule has 0 N–H and O–H groups in total. The molecule has 2 heterocycles. The summed E-state index contributed by atoms with van der Waals surface area (Å²) in [6, 6.07) is 23.3. The van der Waals surface area contributed by atoms with Crippen LogP contribution >= 0.6 is 0 Å². The molecule has 0 aromatic heterocycles. The number of fused-ring (bicyclic) bond motifs is 5. The zero-order valence-electron chi connectivity index (χ0n) is 22.9. The molecule has 42 heavy (non-hydrogen) atoms. The second-order valence-electron chi connectivity index (χ2n) is 10.7. The molecule has 0 bridgehead atoms. The number of rotatable bonds is 5. The van der Waals surface area contributed by atoms with E-state index in [1.165, 1.54) is 38.5 Å². The standard InChI is InChI=1S/C35H26FNO5/c1-41-27-13-7-11-25(32(27)42-2)29-30(31(38)21-14-17-22(36)18-15-21)37-26-12-6-3-8-20(26)16-19-28(37)35(29)33(39)23-9-4-5-10-24(23)34(35)40/h3-19,28-30H,1-2H3/t28-,29-,30+/m0/s1. The van der Waals surface area contributed by atoms with Crippen molar-refractivity contribution in [2.75, 3.05) is 19.1 Å². The Kier molecular flexibility index (Phi) is 5.87. The number of hydrogen-bond donors (Lipinski definition) is 0. The molecule has 208 valence electrons. The summed E-state index contributed by atoms with van der Waals surface area (Å²) in [5.74, 6) is -1.72. The highest BCUT2D eigenvalue weighted by molar-refractivity contribution is 6.32. The van der Waals surface area contributed by atoms with Crippen LogP contribution in [0.4, 0.5) is 10.1 Å². The summed E-state index contributed by atoms with van der Waals surface area (Å²) in [5, 5.41) is 0. The minimum atomic E-state index is -1.69. The predicted molar refractivity (Wildman–Crippen MR) is 156 cm³/mol. The normalized spacial score (nSPS) is 21.2. The lowest BCUT2D eigenvalue weighted by Gasteiger charge is -2.37. The molecule has 2 aliphatic heterocycles. The minimum absolute atomic E-state index is 0.270. The van der Waals surface area contributed by atoms with Crippen molar-refractivity contribution < 1.29 is 28.2 Å². The van der Waals surface area contributed by atoms with E-state index in [0.29, 0.717) is 28.2 Å². The van der Waals surface area contributed by atoms with Gasteiger partial charge in [0, 0.05) is 33.9 Å². The Labute approximate surface area is 242 Å². The average molecular weight is 560 g/mol. The number of Topliss-reactive ketones (excluding diaryl/α,β-unsaturated/α-hetero) is 3. The topological polar surface area (TPSA) is 72.9 Å². The summed E-state index contributed by atoms with van der Waals surface area (Å²) in [7, 11) is 3.01. The van der Waals surface area contributed by atoms with Crippen molar-refractivity contribution in [1.29, 1.82) is 0 Å². The SMILES string of the molecule is COc1cccc([C@H]2[C@H](C(=O)c3ccc(F)cc3)N3c4ccccc4C=C[C@H]3C23C(=O)c2ccccc2C3=O)c1OC. The molecule has 0 unspecified atom stereocenters. The largest absolute Gasteiger partial charge is 0.493 e. The van der Waals surface area contributed by atoms with Gasteiger partial charge in [0.15, 0.2) is 28.8 Å². The highest BCUT2D eigenvalue weighted by Crippen LogP contribution is 2.62. The van der Waals surface area contributed by atoms with Gasteiger partial charge in [-0.25, -0.2) is 4.39 Å². The lowest BCUT2D eigenvalue weighted by Crippen LogP contribution is -2.48. The first-order chi connectivity index (χ1) is 20.4. The summed E-state index contributed by atoms with van der Waals surface area (Å²) in [6.07, 6.45) is 3.77. The van der Waals surface area contributed by atoms with E-state index < -0.39 is 29.2 Å². The van der Waals surface area contributed by atoms with Gasteiger partial charge in [-0.05, 0) is 42.0 Å². The maximum atomic E-state index is 14.8. The Hall–Kier alpha value is -5.04. The van der Waals surface area contributed by atoms with Crippen molar-refractivity contribution in [2.45, 2.75) is 18.0 Å². The second-order valence-corrected chi connectivity index (χ2v) is 10.7. The van der Waals surface area contributed by atoms with Crippen LogP contribution in [0.5, 0.6) is 11.5 Å². The molecule has 1 aliphatic carbocycles. The third-order valence-electron chi connectivity index (χ3n) is 8.88. The van der Waals surface area contributed by atoms with Crippen LogP contribution < -0.4 is 14.4 Å². The molecule has 3 aliphatic rings. The van der Waals surface area contributed by atoms with Crippen molar-refractivity contribution in [1.82, 2.24) is 0 Å². The summed E-state index contributed by atoms with van der Waals surface area (Å²) >= 11 is 0. The van der Waals surface area contributed by atoms with Crippen LogP contribution in [-0.4, -0.2) is 43.7 Å². The fraction of sp³-hybridized carbons (Fsp3) is 0.171. The lowest BCUT2D eigenvalue weighted by atomic mass is 9.64. The molecule has 1 saturated heterocycles. The zero-order valence-corrected chi connectivity index (χ0v) is 22.9. The Morgan fingerprint density at radius 3 is 2.14 bits per heavy atom. The predicted octanol–water partition coefficient (Wildman–Crippen LogP) is 6.16. The summed E-state index contributed by atoms with van der Waals surface area (Å²) in [5.41, 5.74) is 1.33. The van der Waals surface area contributed by atoms with Crippen LogP contribution in [0.15, 0.2) is 97.1 Å². The van der Waals surface area contributed by atoms with Gasteiger partial charge >= 0.3 is 0 Å². The molecule has 7 rings (SSSR count). The monoisotopic (exact) mass is 559 g/mol. The maximum absolute atomic E-state index is 14.8. The quantitative estimate of drug-likeness (QED) is 0.216. The van der Waals surface area contributed by atoms with Crippen LogP contribution in [0.1, 0.15) is 48.1 Å². The number of methoxy groups -OCH3 is 2. The first-order valence-corrected chi connectivity index (χ1v) is 13.7. The first-order valence-electron chi connectivity index (χ1n) is 13.7. The molecule has 0 amide bonds. The van der Waals surface area contributed by atoms with Gasteiger partial charge in [-0.3, -0.25) is 14.4 Å². The van der Waals surface area contributed by atoms with E-state index in [4.69, 9.17) is 9.47 Å². The van der Waals surface area contributed by atoms with Gasteiger partial charge in [0.1, 0.15) is 17.3 Å². The van der Waals surface area contributed by atoms with Crippen LogP contribution in [-0.2, 0) is 0 Å². The summed E-state index contributed by atoms with van der Waals surface area (Å²) in [4.78, 5) is 46.2. The van der Waals surface area contributed by atoms with Crippen molar-refractivity contribution in [3.8, 4) is 11.5 Å². The average Bonchev–Trinajstić information content (AvgIpc) is 3.46. The number of ketones is 3. The molecule has 6 nitrogen and oxygen atoms in total. The van der Waals surface area contributed by atoms with E-state index in [1.54, 1.807) is 42.5 Å². The van der Waals surface area contributed by atoms with Crippen LogP contribution in [0, 0.1) is 11.2 Å². The molecule has 4 aromatic carbocycles. The van der Waals surface area contributed by atoms with Crippen molar-refractivity contribution in [3.05, 3.63) is 131 Å². The van der Waals surface area contributed by atoms with Gasteiger partial charge in [-0.15, -0.1) is 0 Å².